The number of aromatic nitrogens is 3. The van der Waals surface area contributed by atoms with Gasteiger partial charge in [0.2, 0.25) is 5.82 Å². The van der Waals surface area contributed by atoms with Gasteiger partial charge in [0.15, 0.2) is 5.82 Å². The summed E-state index contributed by atoms with van der Waals surface area (Å²) >= 11 is 0. The van der Waals surface area contributed by atoms with Gasteiger partial charge in [-0.15, -0.1) is 10.2 Å². The third kappa shape index (κ3) is 4.47. The van der Waals surface area contributed by atoms with Crippen molar-refractivity contribution in [1.29, 1.82) is 0 Å². The summed E-state index contributed by atoms with van der Waals surface area (Å²) in [6.07, 6.45) is 0.958. The fourth-order valence-electron chi connectivity index (χ4n) is 3.53. The molecule has 1 heterocycles. The Kier molecular flexibility index (Phi) is 5.95. The number of aromatic hydroxyl groups is 2. The molecule has 4 N–H and O–H groups in total. The molecule has 8 nitrogen and oxygen atoms in total. The van der Waals surface area contributed by atoms with Crippen molar-refractivity contribution in [3.8, 4) is 34.3 Å². The van der Waals surface area contributed by atoms with Gasteiger partial charge in [-0.2, -0.15) is 0 Å². The second-order valence-corrected chi connectivity index (χ2v) is 7.37. The lowest BCUT2D eigenvalue weighted by atomic mass is 10.0. The van der Waals surface area contributed by atoms with E-state index in [-0.39, 0.29) is 34.5 Å². The van der Waals surface area contributed by atoms with Gasteiger partial charge < -0.3 is 20.7 Å². The van der Waals surface area contributed by atoms with Crippen LogP contribution in [0.15, 0.2) is 60.7 Å². The fraction of sp³-hybridized carbons (Fsp3) is 0.125. The maximum Gasteiger partial charge on any atom is 0.287 e. The summed E-state index contributed by atoms with van der Waals surface area (Å²) in [5.41, 5.74) is 7.72. The molecule has 1 amide bonds. The summed E-state index contributed by atoms with van der Waals surface area (Å²) < 4.78 is 19.8. The number of hydrogen-bond acceptors (Lipinski definition) is 6. The van der Waals surface area contributed by atoms with E-state index in [9.17, 15) is 19.4 Å². The molecule has 4 aromatic rings. The normalized spacial score (nSPS) is 10.8. The van der Waals surface area contributed by atoms with Gasteiger partial charge in [-0.05, 0) is 66.4 Å². The van der Waals surface area contributed by atoms with Crippen LogP contribution in [0.1, 0.15) is 21.7 Å². The Morgan fingerprint density at radius 2 is 1.70 bits per heavy atom. The van der Waals surface area contributed by atoms with Crippen molar-refractivity contribution < 1.29 is 24.1 Å². The molecule has 0 spiro atoms. The van der Waals surface area contributed by atoms with Crippen molar-refractivity contribution in [1.82, 2.24) is 14.8 Å². The number of benzene rings is 3. The van der Waals surface area contributed by atoms with E-state index in [1.54, 1.807) is 42.5 Å². The van der Waals surface area contributed by atoms with Crippen LogP contribution in [0.2, 0.25) is 0 Å². The van der Waals surface area contributed by atoms with Crippen LogP contribution in [0.25, 0.3) is 17.1 Å². The topological polar surface area (TPSA) is 123 Å². The predicted octanol–water partition coefficient (Wildman–Crippen LogP) is 3.38. The smallest absolute Gasteiger partial charge is 0.287 e. The first-order valence-electron chi connectivity index (χ1n) is 10.1. The van der Waals surface area contributed by atoms with Crippen LogP contribution < -0.4 is 10.5 Å². The largest absolute Gasteiger partial charge is 0.508 e. The second kappa shape index (κ2) is 8.99. The summed E-state index contributed by atoms with van der Waals surface area (Å²) in [6, 6.07) is 15.7. The molecule has 0 aliphatic heterocycles. The standard InChI is InChI=1S/C24H21FN4O4/c1-33-18-10-8-17(9-11-18)29-23(27-28-24(29)22(26)32)19-12-15(20(30)13-21(19)31)5-2-14-3-6-16(25)7-4-14/h3-4,6-13,30-31H,2,5H2,1H3,(H2,26,32). The van der Waals surface area contributed by atoms with Crippen molar-refractivity contribution in [3.05, 3.63) is 83.4 Å². The Balaban J connectivity index is 1.76. The molecule has 0 saturated carbocycles. The summed E-state index contributed by atoms with van der Waals surface area (Å²) in [6.45, 7) is 0. The molecular weight excluding hydrogens is 427 g/mol. The Morgan fingerprint density at radius 3 is 2.33 bits per heavy atom. The number of carbonyl (C=O) groups excluding carboxylic acids is 1. The van der Waals surface area contributed by atoms with Gasteiger partial charge >= 0.3 is 0 Å². The number of primary amides is 1. The number of nitrogens with zero attached hydrogens (tertiary/aromatic N) is 3. The maximum atomic E-state index is 13.2. The van der Waals surface area contributed by atoms with Crippen LogP contribution in [0.5, 0.6) is 17.2 Å². The minimum absolute atomic E-state index is 0.0935. The molecule has 168 valence electrons. The van der Waals surface area contributed by atoms with Crippen molar-refractivity contribution in [2.24, 2.45) is 5.73 Å². The van der Waals surface area contributed by atoms with Gasteiger partial charge in [-0.1, -0.05) is 12.1 Å². The van der Waals surface area contributed by atoms with Crippen LogP contribution in [0.3, 0.4) is 0 Å². The highest BCUT2D eigenvalue weighted by molar-refractivity contribution is 5.90. The molecule has 33 heavy (non-hydrogen) atoms. The molecule has 0 aliphatic carbocycles. The molecule has 0 radical (unpaired) electrons. The molecule has 3 aromatic carbocycles. The van der Waals surface area contributed by atoms with E-state index in [1.165, 1.54) is 29.9 Å². The number of methoxy groups -OCH3 is 1. The number of nitrogens with two attached hydrogens (primary N) is 1. The number of phenolic OH excluding ortho intramolecular Hbond substituents is 2. The number of hydrogen-bond donors (Lipinski definition) is 3. The first-order valence-corrected chi connectivity index (χ1v) is 10.1. The quantitative estimate of drug-likeness (QED) is 0.398. The van der Waals surface area contributed by atoms with E-state index in [0.29, 0.717) is 29.8 Å². The van der Waals surface area contributed by atoms with Gasteiger partial charge in [0.05, 0.1) is 12.7 Å². The summed E-state index contributed by atoms with van der Waals surface area (Å²) in [4.78, 5) is 12.0. The minimum Gasteiger partial charge on any atom is -0.508 e. The van der Waals surface area contributed by atoms with Crippen LogP contribution in [0.4, 0.5) is 4.39 Å². The highest BCUT2D eigenvalue weighted by atomic mass is 19.1. The number of amides is 1. The van der Waals surface area contributed by atoms with E-state index >= 15 is 0 Å². The molecule has 0 fully saturated rings. The molecule has 9 heteroatoms. The molecule has 0 unspecified atom stereocenters. The van der Waals surface area contributed by atoms with Crippen molar-refractivity contribution >= 4 is 5.91 Å². The zero-order valence-electron chi connectivity index (χ0n) is 17.7. The number of halogens is 1. The van der Waals surface area contributed by atoms with Crippen LogP contribution in [-0.4, -0.2) is 38.0 Å². The van der Waals surface area contributed by atoms with Gasteiger partial charge in [0, 0.05) is 11.8 Å². The number of aryl methyl sites for hydroxylation is 2. The summed E-state index contributed by atoms with van der Waals surface area (Å²) in [5.74, 6) is -0.772. The van der Waals surface area contributed by atoms with Gasteiger partial charge in [-0.3, -0.25) is 9.36 Å². The fourth-order valence-corrected chi connectivity index (χ4v) is 3.53. The van der Waals surface area contributed by atoms with Crippen molar-refractivity contribution in [3.63, 3.8) is 0 Å². The minimum atomic E-state index is -0.792. The molecule has 4 rings (SSSR count). The van der Waals surface area contributed by atoms with E-state index in [1.807, 2.05) is 0 Å². The van der Waals surface area contributed by atoms with E-state index in [4.69, 9.17) is 10.5 Å². The maximum absolute atomic E-state index is 13.2. The Labute approximate surface area is 188 Å². The Hall–Kier alpha value is -4.40. The van der Waals surface area contributed by atoms with Crippen LogP contribution >= 0.6 is 0 Å². The lowest BCUT2D eigenvalue weighted by Gasteiger charge is -2.13. The van der Waals surface area contributed by atoms with Gasteiger partial charge in [0.25, 0.3) is 5.91 Å². The highest BCUT2D eigenvalue weighted by Gasteiger charge is 2.22. The average molecular weight is 448 g/mol. The van der Waals surface area contributed by atoms with E-state index in [2.05, 4.69) is 10.2 Å². The molecule has 0 saturated heterocycles. The molecule has 0 aliphatic rings. The van der Waals surface area contributed by atoms with Gasteiger partial charge in [0.1, 0.15) is 23.1 Å². The number of rotatable bonds is 7. The molecule has 0 atom stereocenters. The first kappa shape index (κ1) is 21.8. The average Bonchev–Trinajstić information content (AvgIpc) is 3.25. The second-order valence-electron chi connectivity index (χ2n) is 7.37. The summed E-state index contributed by atoms with van der Waals surface area (Å²) in [7, 11) is 1.54. The first-order chi connectivity index (χ1) is 15.9. The SMILES string of the molecule is COc1ccc(-n2c(C(N)=O)nnc2-c2cc(CCc3ccc(F)cc3)c(O)cc2O)cc1. The third-order valence-corrected chi connectivity index (χ3v) is 5.25. The highest BCUT2D eigenvalue weighted by Crippen LogP contribution is 2.36. The van der Waals surface area contributed by atoms with Crippen LogP contribution in [0, 0.1) is 5.82 Å². The number of carbonyl (C=O) groups is 1. The van der Waals surface area contributed by atoms with Gasteiger partial charge in [-0.25, -0.2) is 4.39 Å². The van der Waals surface area contributed by atoms with E-state index in [0.717, 1.165) is 5.56 Å². The monoisotopic (exact) mass is 448 g/mol. The Bertz CT molecular complexity index is 1300. The lowest BCUT2D eigenvalue weighted by molar-refractivity contribution is 0.0988. The molecule has 0 bridgehead atoms. The lowest BCUT2D eigenvalue weighted by Crippen LogP contribution is -2.17. The summed E-state index contributed by atoms with van der Waals surface area (Å²) in [5, 5.41) is 28.9. The number of phenols is 2. The Morgan fingerprint density at radius 1 is 1.00 bits per heavy atom. The van der Waals surface area contributed by atoms with Crippen LogP contribution in [-0.2, 0) is 12.8 Å². The predicted molar refractivity (Wildman–Crippen MR) is 119 cm³/mol. The molecular formula is C24H21FN4O4. The molecule has 1 aromatic heterocycles. The zero-order chi connectivity index (χ0) is 23.5. The number of ether oxygens (including phenoxy) is 1. The van der Waals surface area contributed by atoms with Crippen molar-refractivity contribution in [2.75, 3.05) is 7.11 Å². The third-order valence-electron chi connectivity index (χ3n) is 5.25. The van der Waals surface area contributed by atoms with Crippen molar-refractivity contribution in [2.45, 2.75) is 12.8 Å². The zero-order valence-corrected chi connectivity index (χ0v) is 17.7. The van der Waals surface area contributed by atoms with E-state index < -0.39 is 5.91 Å².